The highest BCUT2D eigenvalue weighted by atomic mass is 32.1. The molecule has 0 bridgehead atoms. The Balaban J connectivity index is 2.34. The van der Waals surface area contributed by atoms with Crippen LogP contribution in [0.4, 0.5) is 14.5 Å². The number of rotatable bonds is 3. The Morgan fingerprint density at radius 3 is 2.72 bits per heavy atom. The van der Waals surface area contributed by atoms with E-state index in [9.17, 15) is 8.78 Å². The van der Waals surface area contributed by atoms with Crippen LogP contribution < -0.4 is 10.6 Å². The number of halogens is 2. The molecular formula is C12H14F2N2OS. The van der Waals surface area contributed by atoms with Crippen LogP contribution in [0, 0.1) is 11.6 Å². The second-order valence-electron chi connectivity index (χ2n) is 4.25. The van der Waals surface area contributed by atoms with Crippen LogP contribution in [0.25, 0.3) is 0 Å². The molecule has 98 valence electrons. The summed E-state index contributed by atoms with van der Waals surface area (Å²) in [5.74, 6) is -1.92. The molecule has 0 spiro atoms. The van der Waals surface area contributed by atoms with E-state index < -0.39 is 11.6 Å². The van der Waals surface area contributed by atoms with Gasteiger partial charge in [-0.05, 0) is 18.6 Å². The van der Waals surface area contributed by atoms with E-state index in [1.807, 2.05) is 0 Å². The normalized spacial score (nSPS) is 18.9. The molecule has 1 unspecified atom stereocenters. The van der Waals surface area contributed by atoms with Gasteiger partial charge in [-0.3, -0.25) is 0 Å². The minimum absolute atomic E-state index is 0.0644. The second-order valence-corrected chi connectivity index (χ2v) is 4.69. The maximum Gasteiger partial charge on any atom is 0.182 e. The number of likely N-dealkylation sites (N-methyl/N-ethyl adjacent to an activating group) is 1. The first-order valence-electron chi connectivity index (χ1n) is 5.60. The first kappa shape index (κ1) is 13.2. The van der Waals surface area contributed by atoms with Gasteiger partial charge < -0.3 is 15.4 Å². The van der Waals surface area contributed by atoms with Crippen molar-refractivity contribution in [3.8, 4) is 0 Å². The van der Waals surface area contributed by atoms with Gasteiger partial charge in [0.15, 0.2) is 11.6 Å². The van der Waals surface area contributed by atoms with Crippen LogP contribution in [0.15, 0.2) is 12.1 Å². The van der Waals surface area contributed by atoms with Crippen LogP contribution in [0.2, 0.25) is 0 Å². The van der Waals surface area contributed by atoms with E-state index in [4.69, 9.17) is 10.5 Å². The van der Waals surface area contributed by atoms with Crippen LogP contribution in [0.5, 0.6) is 0 Å². The number of nitrogens with zero attached hydrogens (tertiary/aromatic N) is 1. The summed E-state index contributed by atoms with van der Waals surface area (Å²) < 4.78 is 32.9. The minimum Gasteiger partial charge on any atom is -0.389 e. The number of nitrogens with two attached hydrogens (primary N) is 1. The number of ether oxygens (including phenoxy) is 1. The van der Waals surface area contributed by atoms with Gasteiger partial charge in [-0.1, -0.05) is 12.2 Å². The third-order valence-corrected chi connectivity index (χ3v) is 3.38. The Kier molecular flexibility index (Phi) is 3.77. The lowest BCUT2D eigenvalue weighted by Gasteiger charge is -2.26. The Hall–Kier alpha value is -1.27. The van der Waals surface area contributed by atoms with E-state index in [1.165, 1.54) is 12.1 Å². The maximum absolute atomic E-state index is 14.0. The van der Waals surface area contributed by atoms with Crippen molar-refractivity contribution in [3.63, 3.8) is 0 Å². The second kappa shape index (κ2) is 5.16. The van der Waals surface area contributed by atoms with Crippen molar-refractivity contribution < 1.29 is 13.5 Å². The van der Waals surface area contributed by atoms with Crippen LogP contribution in [-0.2, 0) is 4.74 Å². The fourth-order valence-corrected chi connectivity index (χ4v) is 2.18. The third kappa shape index (κ3) is 2.30. The summed E-state index contributed by atoms with van der Waals surface area (Å²) in [6, 6.07) is 2.96. The van der Waals surface area contributed by atoms with Crippen molar-refractivity contribution >= 4 is 22.9 Å². The molecule has 0 saturated carbocycles. The minimum atomic E-state index is -0.995. The molecule has 1 saturated heterocycles. The van der Waals surface area contributed by atoms with Gasteiger partial charge in [0.2, 0.25) is 0 Å². The van der Waals surface area contributed by atoms with Gasteiger partial charge in [-0.2, -0.15) is 0 Å². The topological polar surface area (TPSA) is 38.5 Å². The standard InChI is InChI=1S/C12H14F2N2OS/c1-16(7-4-5-17-6-7)9-3-2-8(12(15)18)10(13)11(9)14/h2-3,7H,4-6H2,1H3,(H2,15,18). The summed E-state index contributed by atoms with van der Waals surface area (Å²) in [5, 5.41) is 0. The lowest BCUT2D eigenvalue weighted by Crippen LogP contribution is -2.32. The molecule has 3 nitrogen and oxygen atoms in total. The van der Waals surface area contributed by atoms with E-state index in [2.05, 4.69) is 12.2 Å². The average Bonchev–Trinajstić information content (AvgIpc) is 2.85. The first-order chi connectivity index (χ1) is 8.52. The molecule has 1 fully saturated rings. The molecule has 1 atom stereocenters. The fraction of sp³-hybridized carbons (Fsp3) is 0.417. The Bertz CT molecular complexity index is 475. The number of thiocarbonyl (C=S) groups is 1. The Morgan fingerprint density at radius 1 is 1.44 bits per heavy atom. The summed E-state index contributed by atoms with van der Waals surface area (Å²) in [5.41, 5.74) is 5.45. The van der Waals surface area contributed by atoms with Gasteiger partial charge >= 0.3 is 0 Å². The van der Waals surface area contributed by atoms with Crippen molar-refractivity contribution in [1.29, 1.82) is 0 Å². The molecular weight excluding hydrogens is 258 g/mol. The van der Waals surface area contributed by atoms with Crippen LogP contribution >= 0.6 is 12.2 Å². The van der Waals surface area contributed by atoms with Crippen molar-refractivity contribution in [1.82, 2.24) is 0 Å². The number of anilines is 1. The summed E-state index contributed by atoms with van der Waals surface area (Å²) in [7, 11) is 1.72. The quantitative estimate of drug-likeness (QED) is 0.852. The van der Waals surface area contributed by atoms with Gasteiger partial charge in [0.25, 0.3) is 0 Å². The molecule has 0 radical (unpaired) electrons. The number of hydrogen-bond donors (Lipinski definition) is 1. The van der Waals surface area contributed by atoms with Crippen molar-refractivity contribution in [2.45, 2.75) is 12.5 Å². The summed E-state index contributed by atoms with van der Waals surface area (Å²) in [6.45, 7) is 1.17. The number of hydrogen-bond acceptors (Lipinski definition) is 3. The van der Waals surface area contributed by atoms with Crippen LogP contribution in [0.3, 0.4) is 0 Å². The van der Waals surface area contributed by atoms with Gasteiger partial charge in [0, 0.05) is 19.2 Å². The molecule has 1 aromatic rings. The molecule has 1 aromatic carbocycles. The summed E-state index contributed by atoms with van der Waals surface area (Å²) in [6.07, 6.45) is 0.800. The fourth-order valence-electron chi connectivity index (χ4n) is 2.03. The first-order valence-corrected chi connectivity index (χ1v) is 6.01. The van der Waals surface area contributed by atoms with Crippen molar-refractivity contribution in [2.75, 3.05) is 25.2 Å². The SMILES string of the molecule is CN(c1ccc(C(N)=S)c(F)c1F)C1CCOC1. The summed E-state index contributed by atoms with van der Waals surface area (Å²) >= 11 is 4.66. The summed E-state index contributed by atoms with van der Waals surface area (Å²) in [4.78, 5) is 1.54. The smallest absolute Gasteiger partial charge is 0.182 e. The predicted octanol–water partition coefficient (Wildman–Crippen LogP) is 1.82. The van der Waals surface area contributed by atoms with Crippen molar-refractivity contribution in [2.24, 2.45) is 5.73 Å². The highest BCUT2D eigenvalue weighted by Gasteiger charge is 2.24. The van der Waals surface area contributed by atoms with Crippen LogP contribution in [0.1, 0.15) is 12.0 Å². The van der Waals surface area contributed by atoms with E-state index >= 15 is 0 Å². The molecule has 6 heteroatoms. The largest absolute Gasteiger partial charge is 0.389 e. The average molecular weight is 272 g/mol. The van der Waals surface area contributed by atoms with Crippen molar-refractivity contribution in [3.05, 3.63) is 29.3 Å². The molecule has 1 aliphatic rings. The van der Waals surface area contributed by atoms with E-state index in [0.717, 1.165) is 6.42 Å². The Labute approximate surface area is 110 Å². The molecule has 0 aromatic heterocycles. The number of benzene rings is 1. The monoisotopic (exact) mass is 272 g/mol. The highest BCUT2D eigenvalue weighted by Crippen LogP contribution is 2.26. The zero-order valence-electron chi connectivity index (χ0n) is 9.95. The molecule has 18 heavy (non-hydrogen) atoms. The predicted molar refractivity (Wildman–Crippen MR) is 69.9 cm³/mol. The van der Waals surface area contributed by atoms with E-state index in [1.54, 1.807) is 11.9 Å². The lowest BCUT2D eigenvalue weighted by atomic mass is 10.1. The van der Waals surface area contributed by atoms with E-state index in [-0.39, 0.29) is 22.3 Å². The molecule has 2 N–H and O–H groups in total. The van der Waals surface area contributed by atoms with Gasteiger partial charge in [-0.25, -0.2) is 8.78 Å². The molecule has 0 amide bonds. The zero-order valence-corrected chi connectivity index (χ0v) is 10.8. The van der Waals surface area contributed by atoms with Gasteiger partial charge in [0.1, 0.15) is 4.99 Å². The molecule has 0 aliphatic carbocycles. The Morgan fingerprint density at radius 2 is 2.17 bits per heavy atom. The maximum atomic E-state index is 14.0. The third-order valence-electron chi connectivity index (χ3n) is 3.16. The zero-order chi connectivity index (χ0) is 13.3. The van der Waals surface area contributed by atoms with Gasteiger partial charge in [0.05, 0.1) is 18.3 Å². The lowest BCUT2D eigenvalue weighted by molar-refractivity contribution is 0.193. The highest BCUT2D eigenvalue weighted by molar-refractivity contribution is 7.80. The van der Waals surface area contributed by atoms with Gasteiger partial charge in [-0.15, -0.1) is 0 Å². The van der Waals surface area contributed by atoms with E-state index in [0.29, 0.717) is 13.2 Å². The van der Waals surface area contributed by atoms with Crippen LogP contribution in [-0.4, -0.2) is 31.3 Å². The molecule has 1 heterocycles. The molecule has 1 aliphatic heterocycles. The molecule has 2 rings (SSSR count).